The molecule has 0 bridgehead atoms. The molecule has 21 heavy (non-hydrogen) atoms. The molecule has 0 aromatic carbocycles. The Balaban J connectivity index is 1.91. The second-order valence-electron chi connectivity index (χ2n) is 5.03. The minimum absolute atomic E-state index is 0.0987. The van der Waals surface area contributed by atoms with Crippen molar-refractivity contribution in [2.24, 2.45) is 5.14 Å². The van der Waals surface area contributed by atoms with Gasteiger partial charge < -0.3 is 4.74 Å². The first-order valence-corrected chi connectivity index (χ1v) is 9.72. The standard InChI is InChI=1S/C14H23BrN2O3S/c15-13-10-14(12-17-11-13)20-8-6-4-2-1-3-5-7-9-21(16,18)19/h10-12H,1-9H2,(H2,16,18,19). The maximum absolute atomic E-state index is 10.7. The fourth-order valence-electron chi connectivity index (χ4n) is 1.95. The first-order valence-electron chi connectivity index (χ1n) is 7.21. The van der Waals surface area contributed by atoms with Crippen molar-refractivity contribution in [1.29, 1.82) is 0 Å². The zero-order valence-corrected chi connectivity index (χ0v) is 14.5. The van der Waals surface area contributed by atoms with E-state index >= 15 is 0 Å². The summed E-state index contributed by atoms with van der Waals surface area (Å²) >= 11 is 3.35. The van der Waals surface area contributed by atoms with Gasteiger partial charge in [-0.3, -0.25) is 4.98 Å². The second kappa shape index (κ2) is 10.1. The van der Waals surface area contributed by atoms with Gasteiger partial charge in [-0.2, -0.15) is 0 Å². The van der Waals surface area contributed by atoms with Crippen LogP contribution in [0.3, 0.4) is 0 Å². The fraction of sp³-hybridized carbons (Fsp3) is 0.643. The molecule has 0 amide bonds. The maximum Gasteiger partial charge on any atom is 0.209 e. The van der Waals surface area contributed by atoms with Crippen molar-refractivity contribution in [2.45, 2.75) is 44.9 Å². The van der Waals surface area contributed by atoms with E-state index < -0.39 is 10.0 Å². The van der Waals surface area contributed by atoms with E-state index in [-0.39, 0.29) is 5.75 Å². The van der Waals surface area contributed by atoms with Crippen LogP contribution in [0.4, 0.5) is 0 Å². The van der Waals surface area contributed by atoms with Crippen LogP contribution in [0.15, 0.2) is 22.9 Å². The van der Waals surface area contributed by atoms with E-state index in [1.54, 1.807) is 12.4 Å². The van der Waals surface area contributed by atoms with Crippen LogP contribution in [0, 0.1) is 0 Å². The molecule has 0 aliphatic carbocycles. The number of ether oxygens (including phenoxy) is 1. The molecule has 5 nitrogen and oxygen atoms in total. The molecule has 0 radical (unpaired) electrons. The van der Waals surface area contributed by atoms with Crippen LogP contribution in [-0.4, -0.2) is 25.8 Å². The third kappa shape index (κ3) is 10.7. The van der Waals surface area contributed by atoms with Crippen molar-refractivity contribution in [2.75, 3.05) is 12.4 Å². The van der Waals surface area contributed by atoms with Crippen molar-refractivity contribution in [3.63, 3.8) is 0 Å². The normalized spacial score (nSPS) is 11.5. The van der Waals surface area contributed by atoms with Crippen molar-refractivity contribution >= 4 is 26.0 Å². The van der Waals surface area contributed by atoms with Gasteiger partial charge in [0.1, 0.15) is 5.75 Å². The topological polar surface area (TPSA) is 82.3 Å². The number of hydrogen-bond donors (Lipinski definition) is 1. The van der Waals surface area contributed by atoms with Gasteiger partial charge in [-0.15, -0.1) is 0 Å². The van der Waals surface area contributed by atoms with Gasteiger partial charge in [0, 0.05) is 10.7 Å². The van der Waals surface area contributed by atoms with Gasteiger partial charge in [-0.25, -0.2) is 13.6 Å². The number of hydrogen-bond acceptors (Lipinski definition) is 4. The smallest absolute Gasteiger partial charge is 0.209 e. The summed E-state index contributed by atoms with van der Waals surface area (Å²) in [4.78, 5) is 4.03. The monoisotopic (exact) mass is 378 g/mol. The number of nitrogens with zero attached hydrogens (tertiary/aromatic N) is 1. The number of unbranched alkanes of at least 4 members (excludes halogenated alkanes) is 6. The predicted molar refractivity (Wildman–Crippen MR) is 87.7 cm³/mol. The molecule has 0 atom stereocenters. The molecule has 1 rings (SSSR count). The average Bonchev–Trinajstić information content (AvgIpc) is 2.40. The number of aromatic nitrogens is 1. The number of rotatable bonds is 11. The SMILES string of the molecule is NS(=O)(=O)CCCCCCCCCOc1cncc(Br)c1. The Morgan fingerprint density at radius 3 is 2.29 bits per heavy atom. The average molecular weight is 379 g/mol. The molecular formula is C14H23BrN2O3S. The summed E-state index contributed by atoms with van der Waals surface area (Å²) in [5.41, 5.74) is 0. The van der Waals surface area contributed by atoms with E-state index in [0.717, 1.165) is 48.7 Å². The fourth-order valence-corrected chi connectivity index (χ4v) is 2.90. The lowest BCUT2D eigenvalue weighted by Gasteiger charge is -2.06. The Labute approximate surface area is 135 Å². The van der Waals surface area contributed by atoms with Crippen LogP contribution in [0.5, 0.6) is 5.75 Å². The summed E-state index contributed by atoms with van der Waals surface area (Å²) in [6.45, 7) is 0.698. The van der Waals surface area contributed by atoms with E-state index in [4.69, 9.17) is 9.88 Å². The molecule has 0 saturated carbocycles. The molecule has 120 valence electrons. The van der Waals surface area contributed by atoms with Crippen molar-refractivity contribution in [3.8, 4) is 5.75 Å². The minimum atomic E-state index is -3.28. The van der Waals surface area contributed by atoms with Gasteiger partial charge in [-0.1, -0.05) is 32.1 Å². The number of halogens is 1. The third-order valence-corrected chi connectivity index (χ3v) is 4.31. The Hall–Kier alpha value is -0.660. The molecule has 7 heteroatoms. The molecule has 0 aliphatic heterocycles. The zero-order valence-electron chi connectivity index (χ0n) is 12.1. The Kier molecular flexibility index (Phi) is 8.87. The number of sulfonamides is 1. The Morgan fingerprint density at radius 2 is 1.67 bits per heavy atom. The first kappa shape index (κ1) is 18.4. The Bertz CT molecular complexity index is 509. The minimum Gasteiger partial charge on any atom is -0.492 e. The largest absolute Gasteiger partial charge is 0.492 e. The van der Waals surface area contributed by atoms with Crippen LogP contribution in [-0.2, 0) is 10.0 Å². The van der Waals surface area contributed by atoms with E-state index in [1.165, 1.54) is 0 Å². The molecule has 0 saturated heterocycles. The highest BCUT2D eigenvalue weighted by molar-refractivity contribution is 9.10. The van der Waals surface area contributed by atoms with E-state index in [2.05, 4.69) is 20.9 Å². The lowest BCUT2D eigenvalue weighted by molar-refractivity contribution is 0.303. The first-order chi connectivity index (χ1) is 9.97. The van der Waals surface area contributed by atoms with Crippen LogP contribution in [0.1, 0.15) is 44.9 Å². The van der Waals surface area contributed by atoms with Crippen molar-refractivity contribution in [3.05, 3.63) is 22.9 Å². The number of primary sulfonamides is 1. The molecule has 1 heterocycles. The van der Waals surface area contributed by atoms with Gasteiger partial charge in [-0.05, 0) is 34.8 Å². The summed E-state index contributed by atoms with van der Waals surface area (Å²) in [6, 6.07) is 1.90. The third-order valence-electron chi connectivity index (χ3n) is 3.02. The molecule has 0 unspecified atom stereocenters. The zero-order chi connectivity index (χ0) is 15.6. The highest BCUT2D eigenvalue weighted by atomic mass is 79.9. The Morgan fingerprint density at radius 1 is 1.05 bits per heavy atom. The van der Waals surface area contributed by atoms with Crippen LogP contribution >= 0.6 is 15.9 Å². The quantitative estimate of drug-likeness (QED) is 0.599. The van der Waals surface area contributed by atoms with Gasteiger partial charge in [0.05, 0.1) is 18.6 Å². The molecule has 0 fully saturated rings. The van der Waals surface area contributed by atoms with Crippen LogP contribution in [0.25, 0.3) is 0 Å². The summed E-state index contributed by atoms with van der Waals surface area (Å²) in [6.07, 6.45) is 10.5. The molecule has 0 aliphatic rings. The molecule has 1 aromatic heterocycles. The van der Waals surface area contributed by atoms with E-state index in [1.807, 2.05) is 6.07 Å². The number of pyridine rings is 1. The van der Waals surface area contributed by atoms with Gasteiger partial charge in [0.25, 0.3) is 0 Å². The maximum atomic E-state index is 10.7. The summed E-state index contributed by atoms with van der Waals surface area (Å²) < 4.78 is 28.0. The summed E-state index contributed by atoms with van der Waals surface area (Å²) in [5, 5.41) is 4.94. The van der Waals surface area contributed by atoms with Gasteiger partial charge >= 0.3 is 0 Å². The van der Waals surface area contributed by atoms with Crippen LogP contribution in [0.2, 0.25) is 0 Å². The van der Waals surface area contributed by atoms with E-state index in [0.29, 0.717) is 13.0 Å². The predicted octanol–water partition coefficient (Wildman–Crippen LogP) is 3.24. The molecule has 2 N–H and O–H groups in total. The number of nitrogens with two attached hydrogens (primary N) is 1. The summed E-state index contributed by atoms with van der Waals surface area (Å²) in [5.74, 6) is 0.883. The molecule has 1 aromatic rings. The lowest BCUT2D eigenvalue weighted by atomic mass is 10.1. The summed E-state index contributed by atoms with van der Waals surface area (Å²) in [7, 11) is -3.28. The van der Waals surface area contributed by atoms with Crippen LogP contribution < -0.4 is 9.88 Å². The van der Waals surface area contributed by atoms with Gasteiger partial charge in [0.15, 0.2) is 0 Å². The molecule has 0 spiro atoms. The van der Waals surface area contributed by atoms with Gasteiger partial charge in [0.2, 0.25) is 10.0 Å². The van der Waals surface area contributed by atoms with E-state index in [9.17, 15) is 8.42 Å². The highest BCUT2D eigenvalue weighted by Crippen LogP contribution is 2.16. The van der Waals surface area contributed by atoms with Crippen molar-refractivity contribution in [1.82, 2.24) is 4.98 Å². The second-order valence-corrected chi connectivity index (χ2v) is 7.68. The lowest BCUT2D eigenvalue weighted by Crippen LogP contribution is -2.16. The molecular weight excluding hydrogens is 356 g/mol. The van der Waals surface area contributed by atoms with Crippen molar-refractivity contribution < 1.29 is 13.2 Å². The highest BCUT2D eigenvalue weighted by Gasteiger charge is 2.01.